The molecule has 3 aromatic rings. The third-order valence-electron chi connectivity index (χ3n) is 4.62. The van der Waals surface area contributed by atoms with Crippen molar-refractivity contribution in [2.75, 3.05) is 18.9 Å². The monoisotopic (exact) mass is 458 g/mol. The molecular weight excluding hydrogens is 436 g/mol. The largest absolute Gasteiger partial charge is 0.335 e. The van der Waals surface area contributed by atoms with Gasteiger partial charge in [0.25, 0.3) is 0 Å². The van der Waals surface area contributed by atoms with Crippen LogP contribution < -0.4 is 11.0 Å². The molecular formula is C21H23BrN4O3. The van der Waals surface area contributed by atoms with Crippen LogP contribution in [0.15, 0.2) is 57.8 Å². The zero-order valence-corrected chi connectivity index (χ0v) is 18.0. The van der Waals surface area contributed by atoms with Crippen LogP contribution in [0, 0.1) is 0 Å². The molecule has 1 aromatic heterocycles. The minimum absolute atomic E-state index is 0.109. The van der Waals surface area contributed by atoms with Crippen molar-refractivity contribution < 1.29 is 9.59 Å². The molecule has 2 aromatic carbocycles. The fraction of sp³-hybridized carbons (Fsp3) is 0.286. The number of carbonyl (C=O) groups is 2. The predicted octanol–water partition coefficient (Wildman–Crippen LogP) is 3.07. The van der Waals surface area contributed by atoms with E-state index in [0.717, 1.165) is 16.4 Å². The van der Waals surface area contributed by atoms with E-state index in [1.54, 1.807) is 17.7 Å². The van der Waals surface area contributed by atoms with Gasteiger partial charge < -0.3 is 10.2 Å². The van der Waals surface area contributed by atoms with Gasteiger partial charge in [0.15, 0.2) is 0 Å². The lowest BCUT2D eigenvalue weighted by atomic mass is 10.3. The fourth-order valence-corrected chi connectivity index (χ4v) is 3.56. The highest BCUT2D eigenvalue weighted by Gasteiger charge is 2.18. The second-order valence-electron chi connectivity index (χ2n) is 6.79. The van der Waals surface area contributed by atoms with E-state index in [2.05, 4.69) is 21.2 Å². The third kappa shape index (κ3) is 4.59. The first-order valence-electron chi connectivity index (χ1n) is 9.38. The summed E-state index contributed by atoms with van der Waals surface area (Å²) in [5.74, 6) is -0.623. The molecule has 0 radical (unpaired) electrons. The van der Waals surface area contributed by atoms with Gasteiger partial charge in [-0.05, 0) is 46.6 Å². The minimum atomic E-state index is -0.312. The second-order valence-corrected chi connectivity index (χ2v) is 7.64. The van der Waals surface area contributed by atoms with Crippen LogP contribution in [-0.4, -0.2) is 39.4 Å². The Morgan fingerprint density at radius 3 is 2.31 bits per heavy atom. The summed E-state index contributed by atoms with van der Waals surface area (Å²) in [6.07, 6.45) is 0.816. The Morgan fingerprint density at radius 2 is 1.66 bits per heavy atom. The first-order chi connectivity index (χ1) is 13.9. The maximum Gasteiger partial charge on any atom is 0.329 e. The summed E-state index contributed by atoms with van der Waals surface area (Å²) in [5.41, 5.74) is 1.94. The highest BCUT2D eigenvalue weighted by Crippen LogP contribution is 2.21. The van der Waals surface area contributed by atoms with E-state index < -0.39 is 0 Å². The van der Waals surface area contributed by atoms with E-state index in [9.17, 15) is 14.4 Å². The molecule has 8 heteroatoms. The highest BCUT2D eigenvalue weighted by molar-refractivity contribution is 9.10. The van der Waals surface area contributed by atoms with E-state index in [1.807, 2.05) is 49.4 Å². The topological polar surface area (TPSA) is 76.3 Å². The van der Waals surface area contributed by atoms with Crippen molar-refractivity contribution in [2.24, 2.45) is 0 Å². The number of imidazole rings is 1. The summed E-state index contributed by atoms with van der Waals surface area (Å²) < 4.78 is 3.91. The third-order valence-corrected chi connectivity index (χ3v) is 5.31. The number of hydrogen-bond acceptors (Lipinski definition) is 3. The normalized spacial score (nSPS) is 10.9. The van der Waals surface area contributed by atoms with Crippen LogP contribution >= 0.6 is 15.9 Å². The summed E-state index contributed by atoms with van der Waals surface area (Å²) >= 11 is 3.37. The molecule has 0 saturated carbocycles. The number of aryl methyl sites for hydroxylation is 1. The first kappa shape index (κ1) is 20.9. The molecule has 0 atom stereocenters. The number of para-hydroxylation sites is 3. The number of hydrogen-bond donors (Lipinski definition) is 1. The molecule has 2 amide bonds. The van der Waals surface area contributed by atoms with Crippen LogP contribution in [0.25, 0.3) is 11.0 Å². The molecule has 0 unspecified atom stereocenters. The van der Waals surface area contributed by atoms with E-state index in [0.29, 0.717) is 17.7 Å². The zero-order chi connectivity index (χ0) is 21.0. The molecule has 29 heavy (non-hydrogen) atoms. The van der Waals surface area contributed by atoms with Crippen LogP contribution in [0.4, 0.5) is 5.69 Å². The van der Waals surface area contributed by atoms with E-state index >= 15 is 0 Å². The van der Waals surface area contributed by atoms with E-state index in [1.165, 1.54) is 9.47 Å². The number of carbonyl (C=O) groups excluding carboxylic acids is 2. The Kier molecular flexibility index (Phi) is 6.53. The van der Waals surface area contributed by atoms with E-state index in [4.69, 9.17) is 0 Å². The number of anilines is 1. The Hall–Kier alpha value is -2.87. The lowest BCUT2D eigenvalue weighted by molar-refractivity contribution is -0.133. The average molecular weight is 459 g/mol. The summed E-state index contributed by atoms with van der Waals surface area (Å²) in [5, 5.41) is 2.77. The van der Waals surface area contributed by atoms with Crippen LogP contribution in [0.2, 0.25) is 0 Å². The summed E-state index contributed by atoms with van der Waals surface area (Å²) in [4.78, 5) is 39.1. The summed E-state index contributed by atoms with van der Waals surface area (Å²) in [6, 6.07) is 14.7. The van der Waals surface area contributed by atoms with Crippen molar-refractivity contribution in [3.63, 3.8) is 0 Å². The molecule has 1 heterocycles. The number of nitrogens with zero attached hydrogens (tertiary/aromatic N) is 3. The smallest absolute Gasteiger partial charge is 0.329 e. The number of halogens is 1. The van der Waals surface area contributed by atoms with Gasteiger partial charge in [0.1, 0.15) is 6.54 Å². The SMILES string of the molecule is CCCn1c(=O)n(CC(=O)N(C)CC(=O)Nc2ccccc2Br)c2ccccc21. The Balaban J connectivity index is 1.73. The predicted molar refractivity (Wildman–Crippen MR) is 117 cm³/mol. The maximum absolute atomic E-state index is 12.8. The summed E-state index contributed by atoms with van der Waals surface area (Å²) in [6.45, 7) is 2.36. The van der Waals surface area contributed by atoms with Crippen molar-refractivity contribution >= 4 is 44.5 Å². The molecule has 0 fully saturated rings. The number of rotatable bonds is 7. The maximum atomic E-state index is 12.8. The summed E-state index contributed by atoms with van der Waals surface area (Å²) in [7, 11) is 1.55. The number of likely N-dealkylation sites (N-methyl/N-ethyl adjacent to an activating group) is 1. The molecule has 0 aliphatic heterocycles. The number of aromatic nitrogens is 2. The Bertz CT molecular complexity index is 1100. The van der Waals surface area contributed by atoms with Crippen LogP contribution in [0.3, 0.4) is 0 Å². The Labute approximate surface area is 177 Å². The minimum Gasteiger partial charge on any atom is -0.335 e. The molecule has 0 aliphatic carbocycles. The second kappa shape index (κ2) is 9.09. The number of benzene rings is 2. The number of nitrogens with one attached hydrogen (secondary N) is 1. The van der Waals surface area contributed by atoms with Gasteiger partial charge in [0.05, 0.1) is 23.3 Å². The molecule has 1 N–H and O–H groups in total. The molecule has 0 aliphatic rings. The zero-order valence-electron chi connectivity index (χ0n) is 16.4. The molecule has 0 saturated heterocycles. The van der Waals surface area contributed by atoms with Gasteiger partial charge in [0, 0.05) is 18.1 Å². The van der Waals surface area contributed by atoms with Crippen LogP contribution in [0.1, 0.15) is 13.3 Å². The Morgan fingerprint density at radius 1 is 1.03 bits per heavy atom. The van der Waals surface area contributed by atoms with Gasteiger partial charge in [-0.3, -0.25) is 18.7 Å². The molecule has 0 spiro atoms. The lowest BCUT2D eigenvalue weighted by Crippen LogP contribution is -2.38. The van der Waals surface area contributed by atoms with Gasteiger partial charge >= 0.3 is 5.69 Å². The molecule has 0 bridgehead atoms. The highest BCUT2D eigenvalue weighted by atomic mass is 79.9. The van der Waals surface area contributed by atoms with Crippen molar-refractivity contribution in [3.8, 4) is 0 Å². The quantitative estimate of drug-likeness (QED) is 0.590. The standard InChI is InChI=1S/C21H23BrN4O3/c1-3-12-25-17-10-6-7-11-18(17)26(21(25)29)14-20(28)24(2)13-19(27)23-16-9-5-4-8-15(16)22/h4-11H,3,12-14H2,1-2H3,(H,23,27). The van der Waals surface area contributed by atoms with Crippen LogP contribution in [0.5, 0.6) is 0 Å². The van der Waals surface area contributed by atoms with E-state index in [-0.39, 0.29) is 30.6 Å². The number of amides is 2. The molecule has 7 nitrogen and oxygen atoms in total. The van der Waals surface area contributed by atoms with Gasteiger partial charge in [-0.2, -0.15) is 0 Å². The van der Waals surface area contributed by atoms with Crippen molar-refractivity contribution in [1.82, 2.24) is 14.0 Å². The van der Waals surface area contributed by atoms with Crippen molar-refractivity contribution in [3.05, 3.63) is 63.5 Å². The number of fused-ring (bicyclic) bond motifs is 1. The van der Waals surface area contributed by atoms with Gasteiger partial charge in [-0.25, -0.2) is 4.79 Å². The van der Waals surface area contributed by atoms with Gasteiger partial charge in [-0.1, -0.05) is 31.2 Å². The molecule has 152 valence electrons. The first-order valence-corrected chi connectivity index (χ1v) is 10.2. The average Bonchev–Trinajstić information content (AvgIpc) is 2.96. The van der Waals surface area contributed by atoms with Gasteiger partial charge in [0.2, 0.25) is 11.8 Å². The molecule has 3 rings (SSSR count). The lowest BCUT2D eigenvalue weighted by Gasteiger charge is -2.17. The fourth-order valence-electron chi connectivity index (χ4n) is 3.18. The van der Waals surface area contributed by atoms with Crippen molar-refractivity contribution in [2.45, 2.75) is 26.4 Å². The van der Waals surface area contributed by atoms with Crippen molar-refractivity contribution in [1.29, 1.82) is 0 Å². The van der Waals surface area contributed by atoms with Crippen LogP contribution in [-0.2, 0) is 22.7 Å². The van der Waals surface area contributed by atoms with Gasteiger partial charge in [-0.15, -0.1) is 0 Å².